The quantitative estimate of drug-likeness (QED) is 0.507. The normalized spacial score (nSPS) is 16.0. The van der Waals surface area contributed by atoms with Gasteiger partial charge >= 0.3 is 0 Å². The number of aromatic nitrogens is 2. The van der Waals surface area contributed by atoms with Crippen LogP contribution >= 0.6 is 11.8 Å². The highest BCUT2D eigenvalue weighted by Crippen LogP contribution is 2.40. The van der Waals surface area contributed by atoms with Crippen molar-refractivity contribution in [3.05, 3.63) is 66.1 Å². The van der Waals surface area contributed by atoms with Gasteiger partial charge in [0.05, 0.1) is 16.9 Å². The molecule has 0 amide bonds. The zero-order chi connectivity index (χ0) is 19.3. The largest absolute Gasteiger partial charge is 0.356 e. The van der Waals surface area contributed by atoms with Crippen LogP contribution in [0.5, 0.6) is 0 Å². The molecule has 5 heteroatoms. The predicted octanol–water partition coefficient (Wildman–Crippen LogP) is 5.71. The van der Waals surface area contributed by atoms with Crippen molar-refractivity contribution >= 4 is 28.9 Å². The van der Waals surface area contributed by atoms with Crippen LogP contribution in [-0.2, 0) is 6.42 Å². The number of carbonyl (C=O) groups is 1. The maximum Gasteiger partial charge on any atom is 0.167 e. The molecule has 0 radical (unpaired) electrons. The van der Waals surface area contributed by atoms with Crippen LogP contribution in [0.25, 0.3) is 11.3 Å². The number of H-pyrrole nitrogens is 1. The molecule has 0 spiro atoms. The number of aromatic amines is 1. The molecule has 3 aromatic rings. The number of hydrogen-bond acceptors (Lipinski definition) is 4. The Hall–Kier alpha value is -2.53. The highest BCUT2D eigenvalue weighted by atomic mass is 32.2. The summed E-state index contributed by atoms with van der Waals surface area (Å²) in [6, 6.07) is 14.0. The second-order valence-corrected chi connectivity index (χ2v) is 8.53. The van der Waals surface area contributed by atoms with Gasteiger partial charge in [0.25, 0.3) is 0 Å². The summed E-state index contributed by atoms with van der Waals surface area (Å²) in [6.07, 6.45) is 6.23. The van der Waals surface area contributed by atoms with Crippen LogP contribution in [0.3, 0.4) is 0 Å². The number of nitrogens with one attached hydrogen (secondary N) is 2. The van der Waals surface area contributed by atoms with Gasteiger partial charge in [-0.25, -0.2) is 0 Å². The first-order valence-corrected chi connectivity index (χ1v) is 11.0. The third-order valence-corrected chi connectivity index (χ3v) is 6.14. The predicted molar refractivity (Wildman–Crippen MR) is 118 cm³/mol. The van der Waals surface area contributed by atoms with Crippen molar-refractivity contribution in [2.24, 2.45) is 5.92 Å². The Bertz CT molecular complexity index is 937. The van der Waals surface area contributed by atoms with Gasteiger partial charge in [0.15, 0.2) is 5.78 Å². The Labute approximate surface area is 170 Å². The number of Topliss-reactive ketones (excluding diaryl/α,β-unsaturated/α-hetero) is 1. The minimum Gasteiger partial charge on any atom is -0.356 e. The van der Waals surface area contributed by atoms with Gasteiger partial charge in [-0.1, -0.05) is 25.1 Å². The van der Waals surface area contributed by atoms with Crippen LogP contribution in [0, 0.1) is 5.92 Å². The average molecular weight is 392 g/mol. The number of anilines is 2. The SMILES string of the molecule is CCSCCC1CC(=O)c2c([nH]c(-c3ccncc3)c2Nc2ccccc2)C1. The molecule has 0 fully saturated rings. The number of ketones is 1. The molecule has 2 aromatic heterocycles. The monoisotopic (exact) mass is 391 g/mol. The van der Waals surface area contributed by atoms with Crippen molar-refractivity contribution in [3.8, 4) is 11.3 Å². The fourth-order valence-electron chi connectivity index (χ4n) is 3.86. The number of nitrogens with zero attached hydrogens (tertiary/aromatic N) is 1. The Morgan fingerprint density at radius 3 is 2.68 bits per heavy atom. The van der Waals surface area contributed by atoms with Crippen LogP contribution in [0.4, 0.5) is 11.4 Å². The van der Waals surface area contributed by atoms with Gasteiger partial charge in [0.2, 0.25) is 0 Å². The van der Waals surface area contributed by atoms with E-state index in [4.69, 9.17) is 0 Å². The molecule has 2 heterocycles. The molecule has 4 rings (SSSR count). The molecule has 1 unspecified atom stereocenters. The van der Waals surface area contributed by atoms with E-state index in [9.17, 15) is 4.79 Å². The number of carbonyl (C=O) groups excluding carboxylic acids is 1. The molecule has 28 heavy (non-hydrogen) atoms. The zero-order valence-corrected chi connectivity index (χ0v) is 16.9. The van der Waals surface area contributed by atoms with Crippen molar-refractivity contribution in [1.29, 1.82) is 0 Å². The number of pyridine rings is 1. The van der Waals surface area contributed by atoms with E-state index in [0.29, 0.717) is 12.3 Å². The second-order valence-electron chi connectivity index (χ2n) is 7.14. The molecule has 4 nitrogen and oxygen atoms in total. The highest BCUT2D eigenvalue weighted by Gasteiger charge is 2.31. The van der Waals surface area contributed by atoms with Gasteiger partial charge in [-0.15, -0.1) is 0 Å². The minimum atomic E-state index is 0.239. The lowest BCUT2D eigenvalue weighted by Gasteiger charge is -2.22. The lowest BCUT2D eigenvalue weighted by atomic mass is 9.84. The molecule has 1 aliphatic rings. The number of hydrogen-bond donors (Lipinski definition) is 2. The molecule has 0 saturated heterocycles. The maximum atomic E-state index is 13.1. The Kier molecular flexibility index (Phi) is 5.81. The van der Waals surface area contributed by atoms with E-state index in [1.54, 1.807) is 12.4 Å². The fraction of sp³-hybridized carbons (Fsp3) is 0.304. The van der Waals surface area contributed by atoms with Crippen LogP contribution in [0.15, 0.2) is 54.9 Å². The summed E-state index contributed by atoms with van der Waals surface area (Å²) in [4.78, 5) is 20.8. The van der Waals surface area contributed by atoms with Crippen molar-refractivity contribution in [2.45, 2.75) is 26.2 Å². The van der Waals surface area contributed by atoms with Crippen molar-refractivity contribution in [2.75, 3.05) is 16.8 Å². The fourth-order valence-corrected chi connectivity index (χ4v) is 4.65. The smallest absolute Gasteiger partial charge is 0.167 e. The number of thioether (sulfide) groups is 1. The van der Waals surface area contributed by atoms with Gasteiger partial charge in [0, 0.05) is 35.8 Å². The van der Waals surface area contributed by atoms with Gasteiger partial charge in [-0.2, -0.15) is 11.8 Å². The van der Waals surface area contributed by atoms with Crippen LogP contribution < -0.4 is 5.32 Å². The van der Waals surface area contributed by atoms with Gasteiger partial charge in [-0.05, 0) is 54.5 Å². The first-order chi connectivity index (χ1) is 13.8. The summed E-state index contributed by atoms with van der Waals surface area (Å²) in [5.74, 6) is 2.91. The van der Waals surface area contributed by atoms with Crippen LogP contribution in [-0.4, -0.2) is 27.3 Å². The van der Waals surface area contributed by atoms with E-state index in [1.165, 1.54) is 0 Å². The first-order valence-electron chi connectivity index (χ1n) is 9.84. The number of fused-ring (bicyclic) bond motifs is 1. The first kappa shape index (κ1) is 18.8. The van der Waals surface area contributed by atoms with Crippen molar-refractivity contribution in [3.63, 3.8) is 0 Å². The van der Waals surface area contributed by atoms with E-state index in [1.807, 2.05) is 54.2 Å². The summed E-state index contributed by atoms with van der Waals surface area (Å²) in [7, 11) is 0. The third kappa shape index (κ3) is 3.99. The molecule has 144 valence electrons. The lowest BCUT2D eigenvalue weighted by molar-refractivity contribution is 0.0948. The lowest BCUT2D eigenvalue weighted by Crippen LogP contribution is -2.20. The van der Waals surface area contributed by atoms with E-state index >= 15 is 0 Å². The molecule has 0 aliphatic heterocycles. The highest BCUT2D eigenvalue weighted by molar-refractivity contribution is 7.99. The average Bonchev–Trinajstić information content (AvgIpc) is 3.08. The van der Waals surface area contributed by atoms with Crippen LogP contribution in [0.2, 0.25) is 0 Å². The molecular weight excluding hydrogens is 366 g/mol. The van der Waals surface area contributed by atoms with Crippen molar-refractivity contribution in [1.82, 2.24) is 9.97 Å². The zero-order valence-electron chi connectivity index (χ0n) is 16.1. The van der Waals surface area contributed by atoms with E-state index < -0.39 is 0 Å². The third-order valence-electron chi connectivity index (χ3n) is 5.21. The molecule has 1 atom stereocenters. The number of para-hydroxylation sites is 1. The Morgan fingerprint density at radius 2 is 1.93 bits per heavy atom. The molecule has 1 aliphatic carbocycles. The minimum absolute atomic E-state index is 0.239. The Morgan fingerprint density at radius 1 is 1.14 bits per heavy atom. The summed E-state index contributed by atoms with van der Waals surface area (Å²) in [5, 5.41) is 3.50. The second kappa shape index (κ2) is 8.65. The van der Waals surface area contributed by atoms with E-state index in [0.717, 1.165) is 58.2 Å². The van der Waals surface area contributed by atoms with Gasteiger partial charge < -0.3 is 10.3 Å². The molecule has 2 N–H and O–H groups in total. The standard InChI is InChI=1S/C23H25N3OS/c1-2-28-13-10-16-14-19-21(20(27)15-16)23(25-18-6-4-3-5-7-18)22(26-19)17-8-11-24-12-9-17/h3-9,11-12,16,25-26H,2,10,13-15H2,1H3. The summed E-state index contributed by atoms with van der Waals surface area (Å²) < 4.78 is 0. The maximum absolute atomic E-state index is 13.1. The number of benzene rings is 1. The summed E-state index contributed by atoms with van der Waals surface area (Å²) in [6.45, 7) is 2.18. The molecule has 0 saturated carbocycles. The molecule has 0 bridgehead atoms. The van der Waals surface area contributed by atoms with Crippen molar-refractivity contribution < 1.29 is 4.79 Å². The number of rotatable bonds is 7. The van der Waals surface area contributed by atoms with E-state index in [2.05, 4.69) is 22.2 Å². The van der Waals surface area contributed by atoms with Gasteiger partial charge in [0.1, 0.15) is 0 Å². The molecule has 1 aromatic carbocycles. The molecular formula is C23H25N3OS. The van der Waals surface area contributed by atoms with E-state index in [-0.39, 0.29) is 5.78 Å². The van der Waals surface area contributed by atoms with Crippen LogP contribution in [0.1, 0.15) is 35.8 Å². The van der Waals surface area contributed by atoms with Gasteiger partial charge in [-0.3, -0.25) is 9.78 Å². The summed E-state index contributed by atoms with van der Waals surface area (Å²) in [5.41, 5.74) is 5.76. The topological polar surface area (TPSA) is 57.8 Å². The Balaban J connectivity index is 1.71. The summed E-state index contributed by atoms with van der Waals surface area (Å²) >= 11 is 1.95.